The zero-order valence-corrected chi connectivity index (χ0v) is 22.7. The number of morpholine rings is 1. The summed E-state index contributed by atoms with van der Waals surface area (Å²) in [5, 5.41) is 0. The smallest absolute Gasteiger partial charge is 0.0622 e. The Hall–Kier alpha value is -0.160. The van der Waals surface area contributed by atoms with Gasteiger partial charge in [-0.3, -0.25) is 4.90 Å². The molecular weight excluding hydrogens is 370 g/mol. The lowest BCUT2D eigenvalue weighted by Crippen LogP contribution is -2.42. The first-order valence-electron chi connectivity index (χ1n) is 13.2. The van der Waals surface area contributed by atoms with Gasteiger partial charge in [0, 0.05) is 24.7 Å². The molecule has 0 radical (unpaired) electrons. The van der Waals surface area contributed by atoms with E-state index >= 15 is 0 Å². The van der Waals surface area contributed by atoms with Gasteiger partial charge in [0.05, 0.1) is 13.2 Å². The summed E-state index contributed by atoms with van der Waals surface area (Å²) in [6.07, 6.45) is 11.0. The van der Waals surface area contributed by atoms with E-state index in [1.54, 1.807) is 0 Å². The summed E-state index contributed by atoms with van der Waals surface area (Å²) in [5.41, 5.74) is 0. The minimum atomic E-state index is 0.666. The van der Waals surface area contributed by atoms with E-state index in [0.29, 0.717) is 6.04 Å². The molecule has 3 atom stereocenters. The molecule has 3 rings (SSSR count). The van der Waals surface area contributed by atoms with Gasteiger partial charge in [0.15, 0.2) is 0 Å². The van der Waals surface area contributed by atoms with Crippen LogP contribution in [0.4, 0.5) is 0 Å². The molecule has 0 aliphatic carbocycles. The molecule has 0 aromatic carbocycles. The molecule has 0 amide bonds. The van der Waals surface area contributed by atoms with E-state index < -0.39 is 0 Å². The molecule has 0 saturated carbocycles. The van der Waals surface area contributed by atoms with Crippen molar-refractivity contribution >= 4 is 0 Å². The summed E-state index contributed by atoms with van der Waals surface area (Å²) >= 11 is 0. The average molecular weight is 430 g/mol. The third-order valence-corrected chi connectivity index (χ3v) is 6.53. The molecule has 3 fully saturated rings. The number of likely N-dealkylation sites (tertiary alicyclic amines) is 2. The summed E-state index contributed by atoms with van der Waals surface area (Å²) in [6, 6.07) is 2.45. The lowest BCUT2D eigenvalue weighted by Gasteiger charge is -2.31. The van der Waals surface area contributed by atoms with Gasteiger partial charge < -0.3 is 14.5 Å². The van der Waals surface area contributed by atoms with Crippen LogP contribution in [0.2, 0.25) is 0 Å². The van der Waals surface area contributed by atoms with Gasteiger partial charge in [0.2, 0.25) is 0 Å². The molecule has 3 heterocycles. The van der Waals surface area contributed by atoms with E-state index in [-0.39, 0.29) is 0 Å². The van der Waals surface area contributed by atoms with Gasteiger partial charge in [-0.1, -0.05) is 54.9 Å². The second-order valence-electron chi connectivity index (χ2n) is 8.34. The molecule has 3 aliphatic heterocycles. The van der Waals surface area contributed by atoms with E-state index in [0.717, 1.165) is 31.8 Å². The highest BCUT2D eigenvalue weighted by atomic mass is 16.5. The molecule has 3 aliphatic rings. The summed E-state index contributed by atoms with van der Waals surface area (Å²) in [4.78, 5) is 7.31. The van der Waals surface area contributed by atoms with Crippen molar-refractivity contribution in [2.24, 2.45) is 0 Å². The Bertz CT molecular complexity index is 318. The largest absolute Gasteiger partial charge is 0.378 e. The van der Waals surface area contributed by atoms with Crippen LogP contribution in [0, 0.1) is 0 Å². The zero-order valence-electron chi connectivity index (χ0n) is 22.7. The van der Waals surface area contributed by atoms with Crippen LogP contribution in [-0.4, -0.2) is 86.8 Å². The van der Waals surface area contributed by atoms with Gasteiger partial charge in [0.1, 0.15) is 0 Å². The molecule has 4 heteroatoms. The fourth-order valence-electron chi connectivity index (χ4n) is 4.32. The minimum Gasteiger partial charge on any atom is -0.378 e. The summed E-state index contributed by atoms with van der Waals surface area (Å²) in [6.45, 7) is 20.3. The second-order valence-corrected chi connectivity index (χ2v) is 8.34. The fraction of sp³-hybridized carbons (Fsp3) is 1.00. The number of rotatable bonds is 3. The number of nitrogens with zero attached hydrogens (tertiary/aromatic N) is 3. The van der Waals surface area contributed by atoms with E-state index in [9.17, 15) is 0 Å². The van der Waals surface area contributed by atoms with Gasteiger partial charge in [-0.25, -0.2) is 0 Å². The molecule has 0 aromatic heterocycles. The van der Waals surface area contributed by atoms with Crippen LogP contribution >= 0.6 is 0 Å². The van der Waals surface area contributed by atoms with Crippen molar-refractivity contribution in [3.05, 3.63) is 0 Å². The van der Waals surface area contributed by atoms with Crippen molar-refractivity contribution in [3.8, 4) is 0 Å². The fourth-order valence-corrected chi connectivity index (χ4v) is 4.32. The van der Waals surface area contributed by atoms with Gasteiger partial charge in [-0.05, 0) is 79.2 Å². The molecule has 0 N–H and O–H groups in total. The molecule has 4 nitrogen and oxygen atoms in total. The third kappa shape index (κ3) is 14.0. The number of piperidine rings is 1. The number of ether oxygens (including phenoxy) is 1. The molecular formula is C26H59N3O. The average Bonchev–Trinajstić information content (AvgIpc) is 3.23. The van der Waals surface area contributed by atoms with Gasteiger partial charge in [0.25, 0.3) is 0 Å². The Balaban J connectivity index is 0. The summed E-state index contributed by atoms with van der Waals surface area (Å²) < 4.78 is 5.30. The highest BCUT2D eigenvalue weighted by molar-refractivity contribution is 4.74. The molecule has 3 saturated heterocycles. The monoisotopic (exact) mass is 429 g/mol. The van der Waals surface area contributed by atoms with Crippen LogP contribution < -0.4 is 0 Å². The number of hydrogen-bond donors (Lipinski definition) is 0. The van der Waals surface area contributed by atoms with E-state index in [1.165, 1.54) is 64.5 Å². The normalized spacial score (nSPS) is 27.2. The van der Waals surface area contributed by atoms with Crippen molar-refractivity contribution in [1.29, 1.82) is 0 Å². The lowest BCUT2D eigenvalue weighted by atomic mass is 10.0. The highest BCUT2D eigenvalue weighted by Gasteiger charge is 2.18. The van der Waals surface area contributed by atoms with E-state index in [1.807, 2.05) is 27.7 Å². The maximum Gasteiger partial charge on any atom is 0.0622 e. The van der Waals surface area contributed by atoms with E-state index in [2.05, 4.69) is 56.6 Å². The molecule has 3 unspecified atom stereocenters. The van der Waals surface area contributed by atoms with Crippen molar-refractivity contribution in [3.63, 3.8) is 0 Å². The lowest BCUT2D eigenvalue weighted by molar-refractivity contribution is 0.00477. The Labute approximate surface area is 191 Å². The van der Waals surface area contributed by atoms with Crippen molar-refractivity contribution < 1.29 is 4.74 Å². The molecule has 0 aromatic rings. The Morgan fingerprint density at radius 2 is 1.03 bits per heavy atom. The number of likely N-dealkylation sites (N-methyl/N-ethyl adjacent to an activating group) is 1. The van der Waals surface area contributed by atoms with Crippen LogP contribution in [0.15, 0.2) is 0 Å². The van der Waals surface area contributed by atoms with Crippen LogP contribution in [-0.2, 0) is 4.74 Å². The van der Waals surface area contributed by atoms with Crippen molar-refractivity contribution in [2.45, 2.75) is 118 Å². The number of hydrogen-bond acceptors (Lipinski definition) is 4. The first-order chi connectivity index (χ1) is 14.5. The van der Waals surface area contributed by atoms with Crippen molar-refractivity contribution in [2.75, 3.05) is 54.0 Å². The first kappa shape index (κ1) is 32.0. The van der Waals surface area contributed by atoms with Crippen LogP contribution in [0.25, 0.3) is 0 Å². The van der Waals surface area contributed by atoms with Gasteiger partial charge in [-0.2, -0.15) is 0 Å². The molecule has 0 spiro atoms. The topological polar surface area (TPSA) is 19.0 Å². The Kier molecular flexibility index (Phi) is 23.5. The summed E-state index contributed by atoms with van der Waals surface area (Å²) in [5.74, 6) is 0. The minimum absolute atomic E-state index is 0.666. The van der Waals surface area contributed by atoms with Crippen LogP contribution in [0.5, 0.6) is 0 Å². The standard InChI is InChI=1S/C8H17N.C7H15NO.C7H15N.2C2H6/c1-3-8-6-4-5-7-9(8)2;1-3-7-6-9-5-4-8(7)2;1-3-7-5-4-6-8(7)2;2*1-2/h8H,3-7H2,1-2H3;7H,3-6H2,1-2H3;7H,3-6H2,1-2H3;2*1-2H3. The van der Waals surface area contributed by atoms with Gasteiger partial charge in [-0.15, -0.1) is 0 Å². The molecule has 30 heavy (non-hydrogen) atoms. The SMILES string of the molecule is CC.CC.CCC1CCCCN1C.CCC1CCCN1C.CCC1COCCN1C. The third-order valence-electron chi connectivity index (χ3n) is 6.53. The van der Waals surface area contributed by atoms with Crippen LogP contribution in [0.1, 0.15) is 99.8 Å². The van der Waals surface area contributed by atoms with Gasteiger partial charge >= 0.3 is 0 Å². The van der Waals surface area contributed by atoms with Crippen molar-refractivity contribution in [1.82, 2.24) is 14.7 Å². The maximum absolute atomic E-state index is 5.30. The predicted octanol–water partition coefficient (Wildman–Crippen LogP) is 6.15. The Morgan fingerprint density at radius 3 is 1.37 bits per heavy atom. The second kappa shape index (κ2) is 22.0. The molecule has 0 bridgehead atoms. The summed E-state index contributed by atoms with van der Waals surface area (Å²) in [7, 11) is 6.63. The maximum atomic E-state index is 5.30. The highest BCUT2D eigenvalue weighted by Crippen LogP contribution is 2.17. The predicted molar refractivity (Wildman–Crippen MR) is 137 cm³/mol. The zero-order chi connectivity index (χ0) is 23.4. The first-order valence-corrected chi connectivity index (χ1v) is 13.2. The molecule has 184 valence electrons. The van der Waals surface area contributed by atoms with E-state index in [4.69, 9.17) is 4.74 Å². The van der Waals surface area contributed by atoms with Crippen LogP contribution in [0.3, 0.4) is 0 Å². The quantitative estimate of drug-likeness (QED) is 0.535. The Morgan fingerprint density at radius 1 is 0.600 bits per heavy atom.